The molecule has 0 saturated carbocycles. The highest BCUT2D eigenvalue weighted by atomic mass is 15.2. The Hall–Kier alpha value is -8.28. The van der Waals surface area contributed by atoms with Crippen molar-refractivity contribution in [3.63, 3.8) is 0 Å². The van der Waals surface area contributed by atoms with Crippen molar-refractivity contribution in [2.75, 3.05) is 0 Å². The van der Waals surface area contributed by atoms with Gasteiger partial charge >= 0.3 is 0 Å². The summed E-state index contributed by atoms with van der Waals surface area (Å²) in [6, 6.07) is 78.2. The highest BCUT2D eigenvalue weighted by molar-refractivity contribution is 6.09. The van der Waals surface area contributed by atoms with E-state index in [9.17, 15) is 0 Å². The summed E-state index contributed by atoms with van der Waals surface area (Å²) in [5, 5.41) is 7.63. The Morgan fingerprint density at radius 3 is 1.34 bits per heavy atom. The molecular formula is C56H37N5. The quantitative estimate of drug-likeness (QED) is 0.154. The van der Waals surface area contributed by atoms with Crippen LogP contribution in [0.15, 0.2) is 224 Å². The number of benzene rings is 8. The average Bonchev–Trinajstić information content (AvgIpc) is 3.76. The normalized spacial score (nSPS) is 11.3. The van der Waals surface area contributed by atoms with E-state index >= 15 is 0 Å². The molecule has 0 spiro atoms. The number of hydrogen-bond acceptors (Lipinski definition) is 4. The number of fused-ring (bicyclic) bond motifs is 3. The number of pyridine rings is 1. The van der Waals surface area contributed by atoms with Gasteiger partial charge in [0.05, 0.1) is 11.2 Å². The van der Waals surface area contributed by atoms with E-state index in [4.69, 9.17) is 20.1 Å². The number of nitrogens with zero attached hydrogens (tertiary/aromatic N) is 5. The van der Waals surface area contributed by atoms with Gasteiger partial charge in [-0.15, -0.1) is 0 Å². The van der Waals surface area contributed by atoms with Crippen LogP contribution in [0.25, 0.3) is 106 Å². The molecule has 0 saturated heterocycles. The van der Waals surface area contributed by atoms with Gasteiger partial charge in [0.15, 0.2) is 17.5 Å². The van der Waals surface area contributed by atoms with Gasteiger partial charge in [-0.05, 0) is 51.4 Å². The molecule has 0 fully saturated rings. The monoisotopic (exact) mass is 779 g/mol. The van der Waals surface area contributed by atoms with E-state index in [0.717, 1.165) is 83.3 Å². The van der Waals surface area contributed by atoms with Gasteiger partial charge in [-0.25, -0.2) is 19.5 Å². The van der Waals surface area contributed by atoms with Gasteiger partial charge in [0, 0.05) is 38.8 Å². The van der Waals surface area contributed by atoms with Crippen LogP contribution in [0.4, 0.5) is 0 Å². The van der Waals surface area contributed by atoms with Crippen LogP contribution in [0.2, 0.25) is 0 Å². The molecule has 286 valence electrons. The van der Waals surface area contributed by atoms with Gasteiger partial charge in [0.2, 0.25) is 0 Å². The summed E-state index contributed by atoms with van der Waals surface area (Å²) < 4.78 is 2.14. The molecule has 0 aliphatic carbocycles. The molecule has 11 rings (SSSR count). The second-order valence-electron chi connectivity index (χ2n) is 15.1. The van der Waals surface area contributed by atoms with Crippen LogP contribution >= 0.6 is 0 Å². The van der Waals surface area contributed by atoms with Crippen LogP contribution in [0.3, 0.4) is 0 Å². The molecule has 8 aromatic carbocycles. The highest BCUT2D eigenvalue weighted by Crippen LogP contribution is 2.42. The van der Waals surface area contributed by atoms with E-state index in [0.29, 0.717) is 17.5 Å². The van der Waals surface area contributed by atoms with Gasteiger partial charge in [0.1, 0.15) is 5.69 Å². The molecule has 0 N–H and O–H groups in total. The van der Waals surface area contributed by atoms with E-state index in [1.54, 1.807) is 0 Å². The van der Waals surface area contributed by atoms with Crippen molar-refractivity contribution in [2.45, 2.75) is 0 Å². The molecule has 0 atom stereocenters. The highest BCUT2D eigenvalue weighted by Gasteiger charge is 2.22. The molecule has 5 heteroatoms. The largest absolute Gasteiger partial charge is 0.231 e. The minimum atomic E-state index is 0.618. The Balaban J connectivity index is 1.06. The molecule has 11 aromatic rings. The molecule has 5 nitrogen and oxygen atoms in total. The SMILES string of the molecule is c1ccc(-c2ccc(-c3nc(-c4ccccc4)nc(-c4cccc(-c5ccc6c(c5)cc(-c5ccccc5)n5nc(-c7ccccc7)c(-c7ccccc7)c65)c4)n3)cc2)cc1. The number of hydrogen-bond donors (Lipinski definition) is 0. The molecule has 0 bridgehead atoms. The molecule has 61 heavy (non-hydrogen) atoms. The average molecular weight is 780 g/mol. The zero-order valence-electron chi connectivity index (χ0n) is 33.1. The number of rotatable bonds is 8. The summed E-state index contributed by atoms with van der Waals surface area (Å²) in [6.45, 7) is 0. The Bertz CT molecular complexity index is 3310. The smallest absolute Gasteiger partial charge is 0.164 e. The first kappa shape index (κ1) is 35.8. The minimum Gasteiger partial charge on any atom is -0.231 e. The maximum Gasteiger partial charge on any atom is 0.164 e. The Kier molecular flexibility index (Phi) is 9.10. The van der Waals surface area contributed by atoms with E-state index in [1.165, 1.54) is 5.56 Å². The third-order valence-electron chi connectivity index (χ3n) is 11.3. The van der Waals surface area contributed by atoms with Gasteiger partial charge in [0.25, 0.3) is 0 Å². The lowest BCUT2D eigenvalue weighted by Gasteiger charge is -2.13. The Labute approximate surface area is 354 Å². The van der Waals surface area contributed by atoms with E-state index in [1.807, 2.05) is 36.4 Å². The third-order valence-corrected chi connectivity index (χ3v) is 11.3. The molecule has 3 aromatic heterocycles. The maximum atomic E-state index is 5.39. The van der Waals surface area contributed by atoms with Crippen molar-refractivity contribution in [3.05, 3.63) is 224 Å². The summed E-state index contributed by atoms with van der Waals surface area (Å²) in [6.07, 6.45) is 0. The first-order chi connectivity index (χ1) is 30.2. The van der Waals surface area contributed by atoms with Gasteiger partial charge < -0.3 is 0 Å². The lowest BCUT2D eigenvalue weighted by Crippen LogP contribution is -2.00. The second-order valence-corrected chi connectivity index (χ2v) is 15.1. The fraction of sp³-hybridized carbons (Fsp3) is 0. The van der Waals surface area contributed by atoms with Gasteiger partial charge in [-0.3, -0.25) is 0 Å². The Morgan fingerprint density at radius 2 is 0.721 bits per heavy atom. The first-order valence-electron chi connectivity index (χ1n) is 20.5. The standard InChI is InChI=1S/C56H37N5/c1-6-17-38(18-7-1)39-29-31-44(32-30-39)55-57-54(43-25-14-5-15-26-43)58-56(59-55)47-28-16-27-45(35-47)46-33-34-49-48(36-46)37-50(40-19-8-2-9-20-40)61-53(49)51(41-21-10-3-11-22-41)52(60-61)42-23-12-4-13-24-42/h1-37H. The van der Waals surface area contributed by atoms with Crippen molar-refractivity contribution in [3.8, 4) is 90.1 Å². The van der Waals surface area contributed by atoms with Gasteiger partial charge in [-0.1, -0.05) is 206 Å². The van der Waals surface area contributed by atoms with Crippen molar-refractivity contribution >= 4 is 16.3 Å². The van der Waals surface area contributed by atoms with E-state index < -0.39 is 0 Å². The third kappa shape index (κ3) is 6.84. The van der Waals surface area contributed by atoms with Gasteiger partial charge in [-0.2, -0.15) is 5.10 Å². The summed E-state index contributed by atoms with van der Waals surface area (Å²) in [4.78, 5) is 15.2. The maximum absolute atomic E-state index is 5.39. The topological polar surface area (TPSA) is 56.0 Å². The molecule has 0 unspecified atom stereocenters. The zero-order valence-corrected chi connectivity index (χ0v) is 33.1. The summed E-state index contributed by atoms with van der Waals surface area (Å²) in [5.41, 5.74) is 14.7. The van der Waals surface area contributed by atoms with Crippen molar-refractivity contribution < 1.29 is 0 Å². The fourth-order valence-electron chi connectivity index (χ4n) is 8.25. The van der Waals surface area contributed by atoms with Crippen LogP contribution in [0.1, 0.15) is 0 Å². The Morgan fingerprint density at radius 1 is 0.295 bits per heavy atom. The van der Waals surface area contributed by atoms with Crippen molar-refractivity contribution in [1.82, 2.24) is 24.6 Å². The second kappa shape index (κ2) is 15.5. The molecule has 0 radical (unpaired) electrons. The predicted octanol–water partition coefficient (Wildman–Crippen LogP) is 14.0. The first-order valence-corrected chi connectivity index (χ1v) is 20.5. The summed E-state index contributed by atoms with van der Waals surface area (Å²) in [7, 11) is 0. The number of aromatic nitrogens is 5. The van der Waals surface area contributed by atoms with Crippen LogP contribution in [0.5, 0.6) is 0 Å². The minimum absolute atomic E-state index is 0.618. The molecule has 0 amide bonds. The van der Waals surface area contributed by atoms with Crippen LogP contribution in [0, 0.1) is 0 Å². The summed E-state index contributed by atoms with van der Waals surface area (Å²) >= 11 is 0. The van der Waals surface area contributed by atoms with E-state index in [-0.39, 0.29) is 0 Å². The van der Waals surface area contributed by atoms with Crippen molar-refractivity contribution in [1.29, 1.82) is 0 Å². The van der Waals surface area contributed by atoms with Crippen molar-refractivity contribution in [2.24, 2.45) is 0 Å². The van der Waals surface area contributed by atoms with Crippen LogP contribution < -0.4 is 0 Å². The molecule has 0 aliphatic rings. The predicted molar refractivity (Wildman–Crippen MR) is 250 cm³/mol. The molecule has 3 heterocycles. The zero-order chi connectivity index (χ0) is 40.5. The van der Waals surface area contributed by atoms with E-state index in [2.05, 4.69) is 193 Å². The lowest BCUT2D eigenvalue weighted by molar-refractivity contribution is 0.979. The molecular weight excluding hydrogens is 743 g/mol. The molecule has 0 aliphatic heterocycles. The lowest BCUT2D eigenvalue weighted by atomic mass is 9.95. The van der Waals surface area contributed by atoms with Crippen LogP contribution in [-0.2, 0) is 0 Å². The fourth-order valence-corrected chi connectivity index (χ4v) is 8.25. The van der Waals surface area contributed by atoms with Crippen LogP contribution in [-0.4, -0.2) is 24.6 Å². The summed E-state index contributed by atoms with van der Waals surface area (Å²) in [5.74, 6) is 1.88.